The average molecular weight is 233 g/mol. The van der Waals surface area contributed by atoms with Gasteiger partial charge in [0.15, 0.2) is 0 Å². The Morgan fingerprint density at radius 1 is 1.41 bits per heavy atom. The van der Waals surface area contributed by atoms with Crippen molar-refractivity contribution in [3.05, 3.63) is 28.8 Å². The number of amides is 1. The molecule has 4 heteroatoms. The summed E-state index contributed by atoms with van der Waals surface area (Å²) in [4.78, 5) is 22.8. The molecule has 1 atom stereocenters. The van der Waals surface area contributed by atoms with E-state index < -0.39 is 5.97 Å². The SMILES string of the molecule is CCc1cc(C(=O)O)cc2c1NC(=O)C2CC. The van der Waals surface area contributed by atoms with Crippen LogP contribution in [0.25, 0.3) is 0 Å². The van der Waals surface area contributed by atoms with Gasteiger partial charge in [-0.3, -0.25) is 4.79 Å². The van der Waals surface area contributed by atoms with Crippen molar-refractivity contribution in [2.45, 2.75) is 32.6 Å². The van der Waals surface area contributed by atoms with Crippen LogP contribution >= 0.6 is 0 Å². The summed E-state index contributed by atoms with van der Waals surface area (Å²) in [7, 11) is 0. The molecule has 4 nitrogen and oxygen atoms in total. The molecule has 0 fully saturated rings. The first-order valence-electron chi connectivity index (χ1n) is 5.79. The van der Waals surface area contributed by atoms with Gasteiger partial charge in [0, 0.05) is 5.69 Å². The van der Waals surface area contributed by atoms with Gasteiger partial charge >= 0.3 is 5.97 Å². The molecule has 2 rings (SSSR count). The Kier molecular flexibility index (Phi) is 2.88. The molecule has 1 aromatic rings. The lowest BCUT2D eigenvalue weighted by Gasteiger charge is -2.09. The summed E-state index contributed by atoms with van der Waals surface area (Å²) in [5.74, 6) is -1.19. The third-order valence-electron chi connectivity index (χ3n) is 3.23. The Labute approximate surface area is 99.6 Å². The second-order valence-electron chi connectivity index (χ2n) is 4.21. The quantitative estimate of drug-likeness (QED) is 0.842. The van der Waals surface area contributed by atoms with Gasteiger partial charge in [-0.15, -0.1) is 0 Å². The van der Waals surface area contributed by atoms with Crippen LogP contribution in [0.5, 0.6) is 0 Å². The summed E-state index contributed by atoms with van der Waals surface area (Å²) in [6.45, 7) is 3.88. The number of fused-ring (bicyclic) bond motifs is 1. The Bertz CT molecular complexity index is 494. The highest BCUT2D eigenvalue weighted by atomic mass is 16.4. The van der Waals surface area contributed by atoms with Crippen molar-refractivity contribution in [3.63, 3.8) is 0 Å². The summed E-state index contributed by atoms with van der Waals surface area (Å²) in [5.41, 5.74) is 2.79. The molecule has 0 saturated carbocycles. The maximum absolute atomic E-state index is 11.8. The van der Waals surface area contributed by atoms with Crippen LogP contribution in [-0.2, 0) is 11.2 Å². The molecule has 0 spiro atoms. The molecule has 0 bridgehead atoms. The predicted molar refractivity (Wildman–Crippen MR) is 64.4 cm³/mol. The number of hydrogen-bond donors (Lipinski definition) is 2. The number of rotatable bonds is 3. The molecule has 0 radical (unpaired) electrons. The van der Waals surface area contributed by atoms with E-state index in [4.69, 9.17) is 5.11 Å². The summed E-state index contributed by atoms with van der Waals surface area (Å²) in [6.07, 6.45) is 1.39. The van der Waals surface area contributed by atoms with E-state index in [2.05, 4.69) is 5.32 Å². The van der Waals surface area contributed by atoms with Crippen molar-refractivity contribution >= 4 is 17.6 Å². The number of nitrogens with one attached hydrogen (secondary N) is 1. The summed E-state index contributed by atoms with van der Waals surface area (Å²) >= 11 is 0. The first kappa shape index (κ1) is 11.6. The predicted octanol–water partition coefficient (Wildman–Crippen LogP) is 2.39. The molecule has 1 aromatic carbocycles. The second-order valence-corrected chi connectivity index (χ2v) is 4.21. The van der Waals surface area contributed by atoms with Crippen LogP contribution in [-0.4, -0.2) is 17.0 Å². The van der Waals surface area contributed by atoms with E-state index in [1.54, 1.807) is 12.1 Å². The van der Waals surface area contributed by atoms with Crippen molar-refractivity contribution < 1.29 is 14.7 Å². The fraction of sp³-hybridized carbons (Fsp3) is 0.385. The molecule has 1 unspecified atom stereocenters. The van der Waals surface area contributed by atoms with Crippen LogP contribution in [0.15, 0.2) is 12.1 Å². The molecule has 1 aliphatic heterocycles. The van der Waals surface area contributed by atoms with Crippen LogP contribution < -0.4 is 5.32 Å². The monoisotopic (exact) mass is 233 g/mol. The first-order valence-corrected chi connectivity index (χ1v) is 5.79. The lowest BCUT2D eigenvalue weighted by atomic mass is 9.93. The topological polar surface area (TPSA) is 66.4 Å². The van der Waals surface area contributed by atoms with Crippen LogP contribution in [0, 0.1) is 0 Å². The summed E-state index contributed by atoms with van der Waals surface area (Å²) < 4.78 is 0. The maximum Gasteiger partial charge on any atom is 0.335 e. The molecular weight excluding hydrogens is 218 g/mol. The largest absolute Gasteiger partial charge is 0.478 e. The minimum absolute atomic E-state index is 0.0280. The molecule has 0 saturated heterocycles. The summed E-state index contributed by atoms with van der Waals surface area (Å²) in [5, 5.41) is 11.9. The normalized spacial score (nSPS) is 17.8. The molecule has 17 heavy (non-hydrogen) atoms. The van der Waals surface area contributed by atoms with Gasteiger partial charge < -0.3 is 10.4 Å². The van der Waals surface area contributed by atoms with Crippen molar-refractivity contribution in [2.75, 3.05) is 5.32 Å². The molecule has 2 N–H and O–H groups in total. The van der Waals surface area contributed by atoms with Crippen molar-refractivity contribution in [3.8, 4) is 0 Å². The molecule has 0 aliphatic carbocycles. The zero-order chi connectivity index (χ0) is 12.6. The number of carboxylic acids is 1. The van der Waals surface area contributed by atoms with Crippen LogP contribution in [0.3, 0.4) is 0 Å². The number of aryl methyl sites for hydroxylation is 1. The van der Waals surface area contributed by atoms with Crippen molar-refractivity contribution in [1.29, 1.82) is 0 Å². The minimum atomic E-state index is -0.947. The third-order valence-corrected chi connectivity index (χ3v) is 3.23. The number of hydrogen-bond acceptors (Lipinski definition) is 2. The van der Waals surface area contributed by atoms with Crippen LogP contribution in [0.1, 0.15) is 47.7 Å². The number of aromatic carboxylic acids is 1. The number of carbonyl (C=O) groups is 2. The van der Waals surface area contributed by atoms with E-state index in [0.29, 0.717) is 12.8 Å². The Morgan fingerprint density at radius 3 is 2.65 bits per heavy atom. The summed E-state index contributed by atoms with van der Waals surface area (Å²) in [6, 6.07) is 3.25. The van der Waals surface area contributed by atoms with Gasteiger partial charge in [0.25, 0.3) is 0 Å². The lowest BCUT2D eigenvalue weighted by molar-refractivity contribution is -0.117. The zero-order valence-electron chi connectivity index (χ0n) is 9.91. The van der Waals surface area contributed by atoms with E-state index in [9.17, 15) is 9.59 Å². The highest BCUT2D eigenvalue weighted by molar-refractivity contribution is 6.05. The van der Waals surface area contributed by atoms with Gasteiger partial charge in [0.2, 0.25) is 5.91 Å². The fourth-order valence-corrected chi connectivity index (χ4v) is 2.31. The van der Waals surface area contributed by atoms with Gasteiger partial charge in [-0.25, -0.2) is 4.79 Å². The van der Waals surface area contributed by atoms with Gasteiger partial charge in [-0.1, -0.05) is 13.8 Å². The third kappa shape index (κ3) is 1.79. The lowest BCUT2D eigenvalue weighted by Crippen LogP contribution is -2.10. The van der Waals surface area contributed by atoms with Gasteiger partial charge in [0.05, 0.1) is 11.5 Å². The Hall–Kier alpha value is -1.84. The zero-order valence-corrected chi connectivity index (χ0v) is 9.91. The van der Waals surface area contributed by atoms with Gasteiger partial charge in [-0.2, -0.15) is 0 Å². The number of carboxylic acid groups (broad SMARTS) is 1. The van der Waals surface area contributed by atoms with Crippen molar-refractivity contribution in [2.24, 2.45) is 0 Å². The molecular formula is C13H15NO3. The first-order chi connectivity index (χ1) is 8.08. The molecule has 1 heterocycles. The average Bonchev–Trinajstić information content (AvgIpc) is 2.62. The Balaban J connectivity index is 2.61. The van der Waals surface area contributed by atoms with E-state index in [1.807, 2.05) is 13.8 Å². The standard InChI is InChI=1S/C13H15NO3/c1-3-7-5-8(13(16)17)6-10-9(4-2)12(15)14-11(7)10/h5-6,9H,3-4H2,1-2H3,(H,14,15)(H,16,17). The van der Waals surface area contributed by atoms with Crippen LogP contribution in [0.2, 0.25) is 0 Å². The number of carbonyl (C=O) groups excluding carboxylic acids is 1. The maximum atomic E-state index is 11.8. The second kappa shape index (κ2) is 4.20. The van der Waals surface area contributed by atoms with Gasteiger partial charge in [-0.05, 0) is 36.1 Å². The van der Waals surface area contributed by atoms with E-state index >= 15 is 0 Å². The number of benzene rings is 1. The molecule has 1 amide bonds. The highest BCUT2D eigenvalue weighted by Crippen LogP contribution is 2.38. The minimum Gasteiger partial charge on any atom is -0.478 e. The van der Waals surface area contributed by atoms with E-state index in [1.165, 1.54) is 0 Å². The number of anilines is 1. The van der Waals surface area contributed by atoms with Gasteiger partial charge in [0.1, 0.15) is 0 Å². The molecule has 1 aliphatic rings. The molecule has 90 valence electrons. The smallest absolute Gasteiger partial charge is 0.335 e. The van der Waals surface area contributed by atoms with Crippen molar-refractivity contribution in [1.82, 2.24) is 0 Å². The highest BCUT2D eigenvalue weighted by Gasteiger charge is 2.31. The van der Waals surface area contributed by atoms with E-state index in [0.717, 1.165) is 16.8 Å². The molecule has 0 aromatic heterocycles. The fourth-order valence-electron chi connectivity index (χ4n) is 2.31. The van der Waals surface area contributed by atoms with E-state index in [-0.39, 0.29) is 17.4 Å². The Morgan fingerprint density at radius 2 is 2.12 bits per heavy atom. The van der Waals surface area contributed by atoms with Crippen LogP contribution in [0.4, 0.5) is 5.69 Å².